The lowest BCUT2D eigenvalue weighted by Crippen LogP contribution is -2.26. The first kappa shape index (κ1) is 27.2. The number of amides is 1. The van der Waals surface area contributed by atoms with E-state index in [4.69, 9.17) is 9.47 Å². The fraction of sp³-hybridized carbons (Fsp3) is 0.269. The lowest BCUT2D eigenvalue weighted by atomic mass is 10.1. The minimum Gasteiger partial charge on any atom is -0.497 e. The minimum absolute atomic E-state index is 0.0744. The predicted molar refractivity (Wildman–Crippen MR) is 135 cm³/mol. The van der Waals surface area contributed by atoms with E-state index in [2.05, 4.69) is 5.32 Å². The van der Waals surface area contributed by atoms with Crippen molar-refractivity contribution < 1.29 is 31.1 Å². The van der Waals surface area contributed by atoms with E-state index in [-0.39, 0.29) is 32.4 Å². The molecule has 36 heavy (non-hydrogen) atoms. The van der Waals surface area contributed by atoms with Crippen LogP contribution < -0.4 is 14.8 Å². The summed E-state index contributed by atoms with van der Waals surface area (Å²) in [7, 11) is -5.61. The topological polar surface area (TPSA) is 116 Å². The molecule has 0 bridgehead atoms. The van der Waals surface area contributed by atoms with Gasteiger partial charge >= 0.3 is 0 Å². The summed E-state index contributed by atoms with van der Waals surface area (Å²) < 4.78 is 64.4. The van der Waals surface area contributed by atoms with E-state index in [9.17, 15) is 21.6 Å². The molecule has 0 spiro atoms. The zero-order chi connectivity index (χ0) is 26.5. The number of sulfone groups is 2. The molecule has 10 heteroatoms. The van der Waals surface area contributed by atoms with Crippen LogP contribution in [-0.2, 0) is 24.5 Å². The first-order chi connectivity index (χ1) is 17.0. The van der Waals surface area contributed by atoms with Crippen LogP contribution in [0.25, 0.3) is 0 Å². The summed E-state index contributed by atoms with van der Waals surface area (Å²) in [5.74, 6) is 0.578. The second kappa shape index (κ2) is 11.1. The van der Waals surface area contributed by atoms with Crippen LogP contribution in [0.2, 0.25) is 0 Å². The molecule has 1 atom stereocenters. The first-order valence-corrected chi connectivity index (χ1v) is 14.2. The van der Waals surface area contributed by atoms with Crippen molar-refractivity contribution >= 4 is 25.6 Å². The van der Waals surface area contributed by atoms with Gasteiger partial charge in [-0.25, -0.2) is 16.8 Å². The van der Waals surface area contributed by atoms with Gasteiger partial charge in [0.2, 0.25) is 25.6 Å². The number of ether oxygens (including phenoxy) is 2. The highest BCUT2D eigenvalue weighted by Gasteiger charge is 2.30. The fourth-order valence-electron chi connectivity index (χ4n) is 3.62. The van der Waals surface area contributed by atoms with Crippen molar-refractivity contribution in [1.82, 2.24) is 5.32 Å². The standard InChI is InChI=1S/C26H29NO7S2/c1-5-6-26(28)27-18(2)19-7-12-22(13-8-19)35(29,30)24-16-11-21(34-4)17-25(24)36(31,32)23-14-9-20(33-3)10-15-23/h7-18H,5-6H2,1-4H3,(H,27,28)/t18-/m0/s1. The smallest absolute Gasteiger partial charge is 0.220 e. The van der Waals surface area contributed by atoms with Gasteiger partial charge in [-0.15, -0.1) is 0 Å². The molecule has 0 saturated carbocycles. The van der Waals surface area contributed by atoms with Gasteiger partial charge < -0.3 is 14.8 Å². The van der Waals surface area contributed by atoms with Gasteiger partial charge in [-0.1, -0.05) is 19.1 Å². The Labute approximate surface area is 212 Å². The van der Waals surface area contributed by atoms with Crippen molar-refractivity contribution in [1.29, 1.82) is 0 Å². The molecule has 192 valence electrons. The molecule has 0 fully saturated rings. The Bertz CT molecular complexity index is 1430. The minimum atomic E-state index is -4.22. The van der Waals surface area contributed by atoms with Crippen LogP contribution in [0.5, 0.6) is 11.5 Å². The van der Waals surface area contributed by atoms with Crippen molar-refractivity contribution in [3.05, 3.63) is 72.3 Å². The van der Waals surface area contributed by atoms with E-state index in [0.29, 0.717) is 12.2 Å². The van der Waals surface area contributed by atoms with E-state index in [0.717, 1.165) is 12.0 Å². The van der Waals surface area contributed by atoms with Gasteiger partial charge in [-0.05, 0) is 67.4 Å². The lowest BCUT2D eigenvalue weighted by molar-refractivity contribution is -0.121. The molecular formula is C26H29NO7S2. The van der Waals surface area contributed by atoms with Crippen LogP contribution in [0, 0.1) is 0 Å². The zero-order valence-electron chi connectivity index (χ0n) is 20.5. The van der Waals surface area contributed by atoms with Gasteiger partial charge in [0.1, 0.15) is 11.5 Å². The van der Waals surface area contributed by atoms with Gasteiger partial charge in [0.05, 0.1) is 39.8 Å². The van der Waals surface area contributed by atoms with Crippen molar-refractivity contribution in [2.45, 2.75) is 52.3 Å². The highest BCUT2D eigenvalue weighted by molar-refractivity contribution is 7.94. The molecule has 3 aromatic carbocycles. The summed E-state index contributed by atoms with van der Waals surface area (Å²) in [4.78, 5) is 11.0. The third-order valence-corrected chi connectivity index (χ3v) is 9.41. The monoisotopic (exact) mass is 531 g/mol. The van der Waals surface area contributed by atoms with Gasteiger partial charge in [0, 0.05) is 12.5 Å². The third-order valence-electron chi connectivity index (χ3n) is 5.64. The second-order valence-corrected chi connectivity index (χ2v) is 11.9. The molecule has 0 heterocycles. The van der Waals surface area contributed by atoms with Gasteiger partial charge in [-0.3, -0.25) is 4.79 Å². The van der Waals surface area contributed by atoms with Crippen molar-refractivity contribution in [3.8, 4) is 11.5 Å². The number of nitrogens with one attached hydrogen (secondary N) is 1. The summed E-state index contributed by atoms with van der Waals surface area (Å²) in [6, 6.07) is 15.2. The van der Waals surface area contributed by atoms with Gasteiger partial charge in [0.15, 0.2) is 0 Å². The molecule has 0 radical (unpaired) electrons. The Morgan fingerprint density at radius 1 is 0.778 bits per heavy atom. The summed E-state index contributed by atoms with van der Waals surface area (Å²) in [6.07, 6.45) is 1.12. The largest absolute Gasteiger partial charge is 0.497 e. The van der Waals surface area contributed by atoms with E-state index in [1.165, 1.54) is 68.8 Å². The Kier molecular flexibility index (Phi) is 8.42. The maximum atomic E-state index is 13.6. The molecular weight excluding hydrogens is 502 g/mol. The Morgan fingerprint density at radius 2 is 1.28 bits per heavy atom. The predicted octanol–water partition coefficient (Wildman–Crippen LogP) is 4.35. The number of carbonyl (C=O) groups excluding carboxylic acids is 1. The highest BCUT2D eigenvalue weighted by Crippen LogP contribution is 2.34. The maximum Gasteiger partial charge on any atom is 0.220 e. The molecule has 0 aliphatic carbocycles. The first-order valence-electron chi connectivity index (χ1n) is 11.3. The SMILES string of the molecule is CCCC(=O)N[C@@H](C)c1ccc(S(=O)(=O)c2ccc(OC)cc2S(=O)(=O)c2ccc(OC)cc2)cc1. The normalized spacial score (nSPS) is 12.6. The van der Waals surface area contributed by atoms with Crippen LogP contribution in [0.3, 0.4) is 0 Å². The highest BCUT2D eigenvalue weighted by atomic mass is 32.2. The van der Waals surface area contributed by atoms with Crippen LogP contribution in [0.1, 0.15) is 38.3 Å². The number of benzene rings is 3. The molecule has 1 N–H and O–H groups in total. The van der Waals surface area contributed by atoms with Crippen LogP contribution in [0.15, 0.2) is 86.3 Å². The molecule has 3 aromatic rings. The molecule has 0 unspecified atom stereocenters. The zero-order valence-corrected chi connectivity index (χ0v) is 22.1. The van der Waals surface area contributed by atoms with Gasteiger partial charge in [-0.2, -0.15) is 0 Å². The fourth-order valence-corrected chi connectivity index (χ4v) is 6.95. The van der Waals surface area contributed by atoms with Crippen LogP contribution in [0.4, 0.5) is 0 Å². The van der Waals surface area contributed by atoms with E-state index < -0.39 is 24.6 Å². The Hall–Kier alpha value is -3.37. The third kappa shape index (κ3) is 5.71. The lowest BCUT2D eigenvalue weighted by Gasteiger charge is -2.16. The molecule has 0 aliphatic rings. The van der Waals surface area contributed by atoms with E-state index in [1.54, 1.807) is 19.1 Å². The van der Waals surface area contributed by atoms with Gasteiger partial charge in [0.25, 0.3) is 0 Å². The van der Waals surface area contributed by atoms with Crippen molar-refractivity contribution in [2.75, 3.05) is 14.2 Å². The number of hydrogen-bond donors (Lipinski definition) is 1. The quantitative estimate of drug-likeness (QED) is 0.414. The summed E-state index contributed by atoms with van der Waals surface area (Å²) >= 11 is 0. The van der Waals surface area contributed by atoms with Crippen molar-refractivity contribution in [2.24, 2.45) is 0 Å². The Balaban J connectivity index is 2.04. The number of carbonyl (C=O) groups is 1. The Morgan fingerprint density at radius 3 is 1.81 bits per heavy atom. The molecule has 8 nitrogen and oxygen atoms in total. The molecule has 1 amide bonds. The number of rotatable bonds is 10. The molecule has 0 aliphatic heterocycles. The number of methoxy groups -OCH3 is 2. The van der Waals surface area contributed by atoms with E-state index >= 15 is 0 Å². The summed E-state index contributed by atoms with van der Waals surface area (Å²) in [5, 5.41) is 2.86. The van der Waals surface area contributed by atoms with Crippen molar-refractivity contribution in [3.63, 3.8) is 0 Å². The summed E-state index contributed by atoms with van der Waals surface area (Å²) in [6.45, 7) is 3.71. The maximum absolute atomic E-state index is 13.6. The number of hydrogen-bond acceptors (Lipinski definition) is 7. The molecule has 0 aromatic heterocycles. The van der Waals surface area contributed by atoms with E-state index in [1.807, 2.05) is 6.92 Å². The molecule has 3 rings (SSSR count). The average molecular weight is 532 g/mol. The average Bonchev–Trinajstić information content (AvgIpc) is 2.88. The molecule has 0 saturated heterocycles. The van der Waals surface area contributed by atoms with Crippen LogP contribution >= 0.6 is 0 Å². The second-order valence-electron chi connectivity index (χ2n) is 8.10. The van der Waals surface area contributed by atoms with Crippen LogP contribution in [-0.4, -0.2) is 37.0 Å². The summed E-state index contributed by atoms with van der Waals surface area (Å²) in [5.41, 5.74) is 0.721.